The van der Waals surface area contributed by atoms with Crippen LogP contribution in [0.4, 0.5) is 0 Å². The summed E-state index contributed by atoms with van der Waals surface area (Å²) in [4.78, 5) is 13.3. The molecule has 1 rings (SSSR count). The molecular formula is C9H18N2OS. The molecule has 2 unspecified atom stereocenters. The minimum absolute atomic E-state index is 0.198. The third-order valence-electron chi connectivity index (χ3n) is 2.27. The predicted octanol–water partition coefficient (Wildman–Crippen LogP) is 0.688. The van der Waals surface area contributed by atoms with Gasteiger partial charge in [-0.15, -0.1) is 11.8 Å². The lowest BCUT2D eigenvalue weighted by Gasteiger charge is -2.10. The van der Waals surface area contributed by atoms with Gasteiger partial charge in [0.2, 0.25) is 5.91 Å². The van der Waals surface area contributed by atoms with Crippen molar-refractivity contribution in [3.63, 3.8) is 0 Å². The maximum absolute atomic E-state index is 11.5. The fourth-order valence-corrected chi connectivity index (χ4v) is 2.73. The second-order valence-corrected chi connectivity index (χ2v) is 4.98. The molecule has 0 bridgehead atoms. The van der Waals surface area contributed by atoms with E-state index < -0.39 is 0 Å². The maximum atomic E-state index is 11.5. The number of hydrogen-bond acceptors (Lipinski definition) is 3. The SMILES string of the molecule is CC(N)CCSC1CCN(C)C1=O. The summed E-state index contributed by atoms with van der Waals surface area (Å²) < 4.78 is 0. The first-order valence-corrected chi connectivity index (χ1v) is 5.78. The van der Waals surface area contributed by atoms with Crippen LogP contribution < -0.4 is 5.73 Å². The van der Waals surface area contributed by atoms with Gasteiger partial charge in [0.05, 0.1) is 5.25 Å². The molecule has 1 saturated heterocycles. The molecular weight excluding hydrogens is 184 g/mol. The fourth-order valence-electron chi connectivity index (χ4n) is 1.34. The van der Waals surface area contributed by atoms with E-state index in [1.54, 1.807) is 11.8 Å². The zero-order chi connectivity index (χ0) is 9.84. The van der Waals surface area contributed by atoms with Gasteiger partial charge >= 0.3 is 0 Å². The molecule has 2 atom stereocenters. The van der Waals surface area contributed by atoms with Gasteiger partial charge in [-0.2, -0.15) is 0 Å². The molecule has 4 heteroatoms. The molecule has 0 aliphatic carbocycles. The number of likely N-dealkylation sites (tertiary alicyclic amines) is 1. The van der Waals surface area contributed by atoms with E-state index in [1.807, 2.05) is 18.9 Å². The molecule has 3 nitrogen and oxygen atoms in total. The third kappa shape index (κ3) is 3.19. The van der Waals surface area contributed by atoms with E-state index in [9.17, 15) is 4.79 Å². The average molecular weight is 202 g/mol. The standard InChI is InChI=1S/C9H18N2OS/c1-7(10)4-6-13-8-3-5-11(2)9(8)12/h7-8H,3-6,10H2,1-2H3. The van der Waals surface area contributed by atoms with Gasteiger partial charge in [0.25, 0.3) is 0 Å². The first-order valence-electron chi connectivity index (χ1n) is 4.73. The molecule has 0 radical (unpaired) electrons. The topological polar surface area (TPSA) is 46.3 Å². The molecule has 0 aromatic rings. The first kappa shape index (κ1) is 10.9. The lowest BCUT2D eigenvalue weighted by molar-refractivity contribution is -0.126. The van der Waals surface area contributed by atoms with E-state index in [4.69, 9.17) is 5.73 Å². The summed E-state index contributed by atoms with van der Waals surface area (Å²) in [5.41, 5.74) is 5.63. The minimum atomic E-state index is 0.198. The van der Waals surface area contributed by atoms with Gasteiger partial charge in [-0.25, -0.2) is 0 Å². The molecule has 1 aliphatic heterocycles. The molecule has 2 N–H and O–H groups in total. The van der Waals surface area contributed by atoms with E-state index in [2.05, 4.69) is 0 Å². The second-order valence-electron chi connectivity index (χ2n) is 3.67. The van der Waals surface area contributed by atoms with E-state index >= 15 is 0 Å². The number of nitrogens with two attached hydrogens (primary N) is 1. The van der Waals surface area contributed by atoms with Crippen molar-refractivity contribution in [2.75, 3.05) is 19.3 Å². The Labute approximate surface area is 84.0 Å². The van der Waals surface area contributed by atoms with Gasteiger partial charge in [-0.3, -0.25) is 4.79 Å². The monoisotopic (exact) mass is 202 g/mol. The lowest BCUT2D eigenvalue weighted by atomic mass is 10.3. The van der Waals surface area contributed by atoms with Crippen molar-refractivity contribution < 1.29 is 4.79 Å². The van der Waals surface area contributed by atoms with Crippen LogP contribution in [0.1, 0.15) is 19.8 Å². The van der Waals surface area contributed by atoms with E-state index in [0.717, 1.165) is 25.1 Å². The van der Waals surface area contributed by atoms with Crippen molar-refractivity contribution in [1.82, 2.24) is 4.90 Å². The number of carbonyl (C=O) groups excluding carboxylic acids is 1. The summed E-state index contributed by atoms with van der Waals surface area (Å²) >= 11 is 1.75. The van der Waals surface area contributed by atoms with Crippen LogP contribution in [0.5, 0.6) is 0 Å². The van der Waals surface area contributed by atoms with Crippen molar-refractivity contribution in [1.29, 1.82) is 0 Å². The number of nitrogens with zero attached hydrogens (tertiary/aromatic N) is 1. The highest BCUT2D eigenvalue weighted by Gasteiger charge is 2.28. The highest BCUT2D eigenvalue weighted by Crippen LogP contribution is 2.23. The highest BCUT2D eigenvalue weighted by molar-refractivity contribution is 8.00. The van der Waals surface area contributed by atoms with Crippen molar-refractivity contribution >= 4 is 17.7 Å². The normalized spacial score (nSPS) is 25.3. The summed E-state index contributed by atoms with van der Waals surface area (Å²) in [6.45, 7) is 2.91. The Morgan fingerprint density at radius 2 is 2.46 bits per heavy atom. The largest absolute Gasteiger partial charge is 0.345 e. The first-order chi connectivity index (χ1) is 6.11. The zero-order valence-electron chi connectivity index (χ0n) is 8.32. The lowest BCUT2D eigenvalue weighted by Crippen LogP contribution is -2.24. The molecule has 0 saturated carbocycles. The molecule has 1 fully saturated rings. The highest BCUT2D eigenvalue weighted by atomic mass is 32.2. The van der Waals surface area contributed by atoms with Gasteiger partial charge in [-0.1, -0.05) is 0 Å². The second kappa shape index (κ2) is 4.86. The summed E-state index contributed by atoms with van der Waals surface area (Å²) in [5, 5.41) is 0.198. The summed E-state index contributed by atoms with van der Waals surface area (Å²) in [7, 11) is 1.87. The molecule has 1 heterocycles. The van der Waals surface area contributed by atoms with Crippen LogP contribution in [0, 0.1) is 0 Å². The summed E-state index contributed by atoms with van der Waals surface area (Å²) in [5.74, 6) is 1.29. The third-order valence-corrected chi connectivity index (χ3v) is 3.58. The van der Waals surface area contributed by atoms with Crippen molar-refractivity contribution in [3.05, 3.63) is 0 Å². The van der Waals surface area contributed by atoms with Gasteiger partial charge in [0.15, 0.2) is 0 Å². The minimum Gasteiger partial charge on any atom is -0.345 e. The van der Waals surface area contributed by atoms with Crippen LogP contribution >= 0.6 is 11.8 Å². The fraction of sp³-hybridized carbons (Fsp3) is 0.889. The average Bonchev–Trinajstić information content (AvgIpc) is 2.35. The summed E-state index contributed by atoms with van der Waals surface area (Å²) in [6, 6.07) is 0.252. The predicted molar refractivity (Wildman–Crippen MR) is 56.8 cm³/mol. The van der Waals surface area contributed by atoms with Crippen molar-refractivity contribution in [3.8, 4) is 0 Å². The summed E-state index contributed by atoms with van der Waals surface area (Å²) in [6.07, 6.45) is 2.00. The van der Waals surface area contributed by atoms with Crippen LogP contribution in [0.15, 0.2) is 0 Å². The van der Waals surface area contributed by atoms with E-state index in [1.165, 1.54) is 0 Å². The Kier molecular flexibility index (Phi) is 4.06. The van der Waals surface area contributed by atoms with Gasteiger partial charge in [0.1, 0.15) is 0 Å². The smallest absolute Gasteiger partial charge is 0.235 e. The van der Waals surface area contributed by atoms with E-state index in [-0.39, 0.29) is 17.2 Å². The van der Waals surface area contributed by atoms with Crippen LogP contribution in [-0.2, 0) is 4.79 Å². The Morgan fingerprint density at radius 3 is 2.92 bits per heavy atom. The molecule has 13 heavy (non-hydrogen) atoms. The Hall–Kier alpha value is -0.220. The van der Waals surface area contributed by atoms with Crippen LogP contribution in [-0.4, -0.2) is 41.4 Å². The Bertz CT molecular complexity index is 184. The van der Waals surface area contributed by atoms with Gasteiger partial charge in [-0.05, 0) is 25.5 Å². The number of hydrogen-bond donors (Lipinski definition) is 1. The van der Waals surface area contributed by atoms with Gasteiger partial charge in [0, 0.05) is 19.6 Å². The molecule has 0 aromatic carbocycles. The van der Waals surface area contributed by atoms with Crippen LogP contribution in [0.3, 0.4) is 0 Å². The van der Waals surface area contributed by atoms with Crippen LogP contribution in [0.25, 0.3) is 0 Å². The Balaban J connectivity index is 2.19. The van der Waals surface area contributed by atoms with Crippen LogP contribution in [0.2, 0.25) is 0 Å². The van der Waals surface area contributed by atoms with Crippen molar-refractivity contribution in [2.24, 2.45) is 5.73 Å². The molecule has 76 valence electrons. The van der Waals surface area contributed by atoms with E-state index in [0.29, 0.717) is 0 Å². The van der Waals surface area contributed by atoms with Crippen molar-refractivity contribution in [2.45, 2.75) is 31.1 Å². The maximum Gasteiger partial charge on any atom is 0.235 e. The molecule has 0 aromatic heterocycles. The number of rotatable bonds is 4. The Morgan fingerprint density at radius 1 is 1.77 bits per heavy atom. The number of amides is 1. The van der Waals surface area contributed by atoms with Gasteiger partial charge < -0.3 is 10.6 Å². The number of carbonyl (C=O) groups is 1. The number of thioether (sulfide) groups is 1. The molecule has 1 aliphatic rings. The molecule has 1 amide bonds. The zero-order valence-corrected chi connectivity index (χ0v) is 9.14. The quantitative estimate of drug-likeness (QED) is 0.729. The molecule has 0 spiro atoms.